The summed E-state index contributed by atoms with van der Waals surface area (Å²) in [5.74, 6) is 1.78. The zero-order valence-corrected chi connectivity index (χ0v) is 11.3. The molecule has 4 nitrogen and oxygen atoms in total. The summed E-state index contributed by atoms with van der Waals surface area (Å²) in [4.78, 5) is 14.0. The van der Waals surface area contributed by atoms with Crippen LogP contribution in [0, 0.1) is 0 Å². The zero-order chi connectivity index (χ0) is 13.0. The minimum Gasteiger partial charge on any atom is -0.465 e. The number of para-hydroxylation sites is 1. The first kappa shape index (κ1) is 13.2. The van der Waals surface area contributed by atoms with Gasteiger partial charge in [-0.2, -0.15) is 11.8 Å². The first-order chi connectivity index (χ1) is 8.77. The van der Waals surface area contributed by atoms with Crippen LogP contribution in [-0.4, -0.2) is 43.7 Å². The van der Waals surface area contributed by atoms with E-state index in [4.69, 9.17) is 10.5 Å². The molecular weight excluding hydrogens is 248 g/mol. The summed E-state index contributed by atoms with van der Waals surface area (Å²) in [7, 11) is 1.41. The molecule has 1 unspecified atom stereocenters. The minimum atomic E-state index is -0.292. The Morgan fingerprint density at radius 1 is 1.56 bits per heavy atom. The SMILES string of the molecule is COC(=O)c1ccccc1N1CCSCC1CN. The number of carbonyl (C=O) groups excluding carboxylic acids is 1. The highest BCUT2D eigenvalue weighted by atomic mass is 32.2. The van der Waals surface area contributed by atoms with Gasteiger partial charge < -0.3 is 15.4 Å². The van der Waals surface area contributed by atoms with Crippen molar-refractivity contribution in [1.82, 2.24) is 0 Å². The van der Waals surface area contributed by atoms with E-state index in [9.17, 15) is 4.79 Å². The molecule has 0 amide bonds. The van der Waals surface area contributed by atoms with Crippen LogP contribution in [0.25, 0.3) is 0 Å². The van der Waals surface area contributed by atoms with E-state index < -0.39 is 0 Å². The van der Waals surface area contributed by atoms with Gasteiger partial charge in [0.2, 0.25) is 0 Å². The van der Waals surface area contributed by atoms with Crippen molar-refractivity contribution in [3.63, 3.8) is 0 Å². The molecule has 1 aliphatic heterocycles. The molecule has 0 bridgehead atoms. The quantitative estimate of drug-likeness (QED) is 0.837. The lowest BCUT2D eigenvalue weighted by Gasteiger charge is -2.37. The molecule has 98 valence electrons. The van der Waals surface area contributed by atoms with Crippen molar-refractivity contribution in [1.29, 1.82) is 0 Å². The Kier molecular flexibility index (Phi) is 4.49. The summed E-state index contributed by atoms with van der Waals surface area (Å²) in [6, 6.07) is 7.85. The molecule has 1 aromatic rings. The molecule has 18 heavy (non-hydrogen) atoms. The van der Waals surface area contributed by atoms with Crippen LogP contribution in [0.3, 0.4) is 0 Å². The summed E-state index contributed by atoms with van der Waals surface area (Å²) < 4.78 is 4.83. The molecule has 2 rings (SSSR count). The van der Waals surface area contributed by atoms with Crippen molar-refractivity contribution < 1.29 is 9.53 Å². The third-order valence-corrected chi connectivity index (χ3v) is 4.21. The van der Waals surface area contributed by atoms with Crippen molar-refractivity contribution in [3.05, 3.63) is 29.8 Å². The number of ether oxygens (including phenoxy) is 1. The van der Waals surface area contributed by atoms with Gasteiger partial charge in [0.25, 0.3) is 0 Å². The number of carbonyl (C=O) groups is 1. The van der Waals surface area contributed by atoms with E-state index in [2.05, 4.69) is 4.90 Å². The number of hydrogen-bond donors (Lipinski definition) is 1. The molecule has 1 aromatic carbocycles. The number of nitrogens with zero attached hydrogens (tertiary/aromatic N) is 1. The van der Waals surface area contributed by atoms with E-state index in [1.807, 2.05) is 30.0 Å². The summed E-state index contributed by atoms with van der Waals surface area (Å²) in [6.45, 7) is 1.52. The second kappa shape index (κ2) is 6.11. The van der Waals surface area contributed by atoms with E-state index in [1.165, 1.54) is 7.11 Å². The average molecular weight is 266 g/mol. The Balaban J connectivity index is 2.33. The first-order valence-corrected chi connectivity index (χ1v) is 7.15. The largest absolute Gasteiger partial charge is 0.465 e. The molecule has 1 heterocycles. The third-order valence-electron chi connectivity index (χ3n) is 3.12. The van der Waals surface area contributed by atoms with E-state index in [1.54, 1.807) is 6.07 Å². The van der Waals surface area contributed by atoms with Gasteiger partial charge in [-0.1, -0.05) is 12.1 Å². The molecule has 5 heteroatoms. The number of thioether (sulfide) groups is 1. The Morgan fingerprint density at radius 3 is 3.06 bits per heavy atom. The monoisotopic (exact) mass is 266 g/mol. The first-order valence-electron chi connectivity index (χ1n) is 5.99. The van der Waals surface area contributed by atoms with E-state index >= 15 is 0 Å². The summed E-state index contributed by atoms with van der Waals surface area (Å²) >= 11 is 1.91. The molecule has 1 fully saturated rings. The molecule has 0 saturated carbocycles. The Labute approximate surface area is 111 Å². The Bertz CT molecular complexity index is 425. The Morgan fingerprint density at radius 2 is 2.33 bits per heavy atom. The maximum Gasteiger partial charge on any atom is 0.339 e. The van der Waals surface area contributed by atoms with E-state index in [-0.39, 0.29) is 12.0 Å². The van der Waals surface area contributed by atoms with Gasteiger partial charge in [-0.3, -0.25) is 0 Å². The topological polar surface area (TPSA) is 55.6 Å². The van der Waals surface area contributed by atoms with Gasteiger partial charge in [0.05, 0.1) is 24.4 Å². The van der Waals surface area contributed by atoms with Crippen molar-refractivity contribution in [2.75, 3.05) is 36.6 Å². The molecule has 0 aromatic heterocycles. The summed E-state index contributed by atoms with van der Waals surface area (Å²) in [5.41, 5.74) is 7.37. The molecule has 2 N–H and O–H groups in total. The lowest BCUT2D eigenvalue weighted by Crippen LogP contribution is -2.47. The van der Waals surface area contributed by atoms with Gasteiger partial charge in [0, 0.05) is 24.6 Å². The summed E-state index contributed by atoms with van der Waals surface area (Å²) in [6.07, 6.45) is 0. The van der Waals surface area contributed by atoms with Gasteiger partial charge >= 0.3 is 5.97 Å². The Hall–Kier alpha value is -1.20. The standard InChI is InChI=1S/C13H18N2O2S/c1-17-13(16)11-4-2-3-5-12(11)15-6-7-18-9-10(15)8-14/h2-5,10H,6-9,14H2,1H3. The smallest absolute Gasteiger partial charge is 0.339 e. The second-order valence-corrected chi connectivity index (χ2v) is 5.32. The van der Waals surface area contributed by atoms with Crippen molar-refractivity contribution >= 4 is 23.4 Å². The molecule has 1 aliphatic rings. The van der Waals surface area contributed by atoms with E-state index in [0.717, 1.165) is 23.7 Å². The number of hydrogen-bond acceptors (Lipinski definition) is 5. The fourth-order valence-electron chi connectivity index (χ4n) is 2.17. The molecule has 1 saturated heterocycles. The number of nitrogens with two attached hydrogens (primary N) is 1. The van der Waals surface area contributed by atoms with Crippen LogP contribution in [0.4, 0.5) is 5.69 Å². The van der Waals surface area contributed by atoms with Crippen LogP contribution in [0.15, 0.2) is 24.3 Å². The van der Waals surface area contributed by atoms with Crippen LogP contribution in [0.5, 0.6) is 0 Å². The van der Waals surface area contributed by atoms with Crippen LogP contribution in [-0.2, 0) is 4.74 Å². The highest BCUT2D eigenvalue weighted by Crippen LogP contribution is 2.27. The number of rotatable bonds is 3. The fourth-order valence-corrected chi connectivity index (χ4v) is 3.25. The molecule has 1 atom stereocenters. The average Bonchev–Trinajstić information content (AvgIpc) is 2.46. The number of methoxy groups -OCH3 is 1. The zero-order valence-electron chi connectivity index (χ0n) is 10.5. The molecular formula is C13H18N2O2S. The lowest BCUT2D eigenvalue weighted by atomic mass is 10.1. The van der Waals surface area contributed by atoms with Crippen LogP contribution >= 0.6 is 11.8 Å². The van der Waals surface area contributed by atoms with Crippen molar-refractivity contribution in [2.45, 2.75) is 6.04 Å². The predicted molar refractivity (Wildman–Crippen MR) is 75.3 cm³/mol. The van der Waals surface area contributed by atoms with Crippen LogP contribution in [0.1, 0.15) is 10.4 Å². The number of esters is 1. The predicted octanol–water partition coefficient (Wildman–Crippen LogP) is 1.35. The van der Waals surface area contributed by atoms with Crippen molar-refractivity contribution in [3.8, 4) is 0 Å². The lowest BCUT2D eigenvalue weighted by molar-refractivity contribution is 0.0601. The normalized spacial score (nSPS) is 19.7. The molecule has 0 radical (unpaired) electrons. The minimum absolute atomic E-state index is 0.287. The van der Waals surface area contributed by atoms with E-state index in [0.29, 0.717) is 12.1 Å². The van der Waals surface area contributed by atoms with Gasteiger partial charge in [-0.25, -0.2) is 4.79 Å². The molecule has 0 aliphatic carbocycles. The number of anilines is 1. The maximum atomic E-state index is 11.8. The highest BCUT2D eigenvalue weighted by molar-refractivity contribution is 7.99. The third kappa shape index (κ3) is 2.62. The summed E-state index contributed by atoms with van der Waals surface area (Å²) in [5, 5.41) is 0. The van der Waals surface area contributed by atoms with Gasteiger partial charge in [-0.15, -0.1) is 0 Å². The van der Waals surface area contributed by atoms with Crippen molar-refractivity contribution in [2.24, 2.45) is 5.73 Å². The van der Waals surface area contributed by atoms with Gasteiger partial charge in [0.15, 0.2) is 0 Å². The van der Waals surface area contributed by atoms with Gasteiger partial charge in [0.1, 0.15) is 0 Å². The van der Waals surface area contributed by atoms with Crippen LogP contribution in [0.2, 0.25) is 0 Å². The highest BCUT2D eigenvalue weighted by Gasteiger charge is 2.25. The molecule has 0 spiro atoms. The second-order valence-electron chi connectivity index (χ2n) is 4.17. The van der Waals surface area contributed by atoms with Gasteiger partial charge in [-0.05, 0) is 12.1 Å². The van der Waals surface area contributed by atoms with Crippen LogP contribution < -0.4 is 10.6 Å². The fraction of sp³-hybridized carbons (Fsp3) is 0.462. The maximum absolute atomic E-state index is 11.8. The number of benzene rings is 1.